The molecule has 3 rings (SSSR count). The van der Waals surface area contributed by atoms with Gasteiger partial charge < -0.3 is 26.0 Å². The number of carbonyl (C=O) groups is 4. The van der Waals surface area contributed by atoms with Crippen LogP contribution < -0.4 is 16.0 Å². The molecule has 1 aliphatic rings. The van der Waals surface area contributed by atoms with E-state index in [-0.39, 0.29) is 31.2 Å². The Morgan fingerprint density at radius 3 is 2.22 bits per heavy atom. The highest BCUT2D eigenvalue weighted by Crippen LogP contribution is 2.30. The second kappa shape index (κ2) is 12.7. The maximum atomic E-state index is 13.8. The van der Waals surface area contributed by atoms with Crippen molar-refractivity contribution in [1.82, 2.24) is 25.8 Å². The topological polar surface area (TPSA) is 141 Å². The van der Waals surface area contributed by atoms with Crippen LogP contribution in [0.3, 0.4) is 0 Å². The summed E-state index contributed by atoms with van der Waals surface area (Å²) in [5.41, 5.74) is 3.07. The maximum absolute atomic E-state index is 13.8. The van der Waals surface area contributed by atoms with Crippen LogP contribution in [0.5, 0.6) is 0 Å². The number of aliphatic hydroxyl groups excluding tert-OH is 1. The van der Waals surface area contributed by atoms with Gasteiger partial charge in [0, 0.05) is 25.4 Å². The molecule has 1 aromatic heterocycles. The number of rotatable bonds is 8. The lowest BCUT2D eigenvalue weighted by Gasteiger charge is -2.37. The van der Waals surface area contributed by atoms with Gasteiger partial charge in [-0.1, -0.05) is 65.8 Å². The van der Waals surface area contributed by atoms with Gasteiger partial charge in [0.15, 0.2) is 0 Å². The van der Waals surface area contributed by atoms with Gasteiger partial charge in [-0.15, -0.1) is 11.3 Å². The average molecular weight is 586 g/mol. The van der Waals surface area contributed by atoms with Gasteiger partial charge in [0.25, 0.3) is 0 Å². The Bertz CT molecular complexity index is 1260. The van der Waals surface area contributed by atoms with E-state index in [4.69, 9.17) is 0 Å². The second-order valence-electron chi connectivity index (χ2n) is 12.7. The molecule has 41 heavy (non-hydrogen) atoms. The molecule has 1 fully saturated rings. The Labute approximate surface area is 246 Å². The minimum Gasteiger partial charge on any atom is -0.391 e. The van der Waals surface area contributed by atoms with Crippen LogP contribution in [-0.2, 0) is 19.2 Å². The van der Waals surface area contributed by atoms with E-state index in [2.05, 4.69) is 20.9 Å². The number of benzene rings is 1. The maximum Gasteiger partial charge on any atom is 0.246 e. The van der Waals surface area contributed by atoms with Crippen LogP contribution in [-0.4, -0.2) is 70.4 Å². The third-order valence-corrected chi connectivity index (χ3v) is 8.22. The average Bonchev–Trinajstić information content (AvgIpc) is 3.50. The van der Waals surface area contributed by atoms with E-state index < -0.39 is 46.9 Å². The minimum atomic E-state index is -0.958. The Balaban J connectivity index is 1.85. The van der Waals surface area contributed by atoms with Gasteiger partial charge in [0.05, 0.1) is 34.6 Å². The fraction of sp³-hybridized carbons (Fsp3) is 0.567. The third-order valence-electron chi connectivity index (χ3n) is 7.24. The molecule has 1 aromatic carbocycles. The predicted octanol–water partition coefficient (Wildman–Crippen LogP) is 2.95. The third kappa shape index (κ3) is 7.91. The van der Waals surface area contributed by atoms with Crippen molar-refractivity contribution in [2.45, 2.75) is 85.5 Å². The summed E-state index contributed by atoms with van der Waals surface area (Å²) in [6.07, 6.45) is -0.845. The number of hydrogen-bond donors (Lipinski definition) is 4. The Morgan fingerprint density at radius 1 is 1.07 bits per heavy atom. The Kier molecular flexibility index (Phi) is 9.97. The zero-order valence-electron chi connectivity index (χ0n) is 25.2. The number of carbonyl (C=O) groups excluding carboxylic acids is 4. The number of aryl methyl sites for hydroxylation is 1. The van der Waals surface area contributed by atoms with Crippen LogP contribution >= 0.6 is 11.3 Å². The van der Waals surface area contributed by atoms with E-state index >= 15 is 0 Å². The van der Waals surface area contributed by atoms with Crippen molar-refractivity contribution in [3.8, 4) is 10.4 Å². The molecule has 4 amide bonds. The van der Waals surface area contributed by atoms with Crippen LogP contribution in [0.25, 0.3) is 10.4 Å². The van der Waals surface area contributed by atoms with Crippen molar-refractivity contribution < 1.29 is 24.3 Å². The van der Waals surface area contributed by atoms with E-state index in [9.17, 15) is 24.3 Å². The van der Waals surface area contributed by atoms with Crippen LogP contribution in [0.4, 0.5) is 0 Å². The summed E-state index contributed by atoms with van der Waals surface area (Å²) in [5.74, 6) is -1.44. The quantitative estimate of drug-likeness (QED) is 0.376. The number of aromatic nitrogens is 1. The molecular formula is C30H43N5O5S. The first kappa shape index (κ1) is 32.2. The normalized spacial score (nSPS) is 18.9. The minimum absolute atomic E-state index is 0.00333. The molecule has 0 spiro atoms. The molecule has 0 saturated carbocycles. The number of hydrogen-bond acceptors (Lipinski definition) is 7. The van der Waals surface area contributed by atoms with E-state index in [1.807, 2.05) is 52.0 Å². The molecule has 11 heteroatoms. The van der Waals surface area contributed by atoms with Crippen molar-refractivity contribution in [1.29, 1.82) is 0 Å². The SMILES string of the molecule is CNC(=O)C[C@H](NC(=O)[C@@H]1C[C@@H](O)CN1C(=O)[C@@H](NC(=O)C(C)(C)C)C(C)(C)C)c1ccc(-c2scnc2C)cc1. The molecule has 0 bridgehead atoms. The van der Waals surface area contributed by atoms with Gasteiger partial charge in [-0.05, 0) is 23.5 Å². The van der Waals surface area contributed by atoms with Crippen molar-refractivity contribution >= 4 is 35.0 Å². The number of thiazole rings is 1. The summed E-state index contributed by atoms with van der Waals surface area (Å²) in [6.45, 7) is 12.7. The summed E-state index contributed by atoms with van der Waals surface area (Å²) < 4.78 is 0. The van der Waals surface area contributed by atoms with E-state index in [0.717, 1.165) is 21.7 Å². The Hall–Kier alpha value is -3.31. The molecule has 4 N–H and O–H groups in total. The number of nitrogens with zero attached hydrogens (tertiary/aromatic N) is 2. The molecule has 224 valence electrons. The lowest BCUT2D eigenvalue weighted by Crippen LogP contribution is -2.59. The zero-order valence-corrected chi connectivity index (χ0v) is 26.0. The van der Waals surface area contributed by atoms with Crippen molar-refractivity contribution in [2.75, 3.05) is 13.6 Å². The number of amides is 4. The van der Waals surface area contributed by atoms with Crippen LogP contribution in [0.1, 0.15) is 71.7 Å². The summed E-state index contributed by atoms with van der Waals surface area (Å²) in [7, 11) is 1.53. The molecule has 2 aromatic rings. The molecule has 2 heterocycles. The monoisotopic (exact) mass is 585 g/mol. The molecule has 0 radical (unpaired) electrons. The van der Waals surface area contributed by atoms with E-state index in [1.165, 1.54) is 23.3 Å². The molecule has 1 aliphatic heterocycles. The molecule has 4 atom stereocenters. The summed E-state index contributed by atoms with van der Waals surface area (Å²) in [4.78, 5) is 59.4. The molecule has 1 saturated heterocycles. The van der Waals surface area contributed by atoms with Gasteiger partial charge in [-0.2, -0.15) is 0 Å². The lowest BCUT2D eigenvalue weighted by molar-refractivity contribution is -0.145. The predicted molar refractivity (Wildman–Crippen MR) is 159 cm³/mol. The van der Waals surface area contributed by atoms with Gasteiger partial charge >= 0.3 is 0 Å². The van der Waals surface area contributed by atoms with Gasteiger partial charge in [-0.25, -0.2) is 4.98 Å². The first-order valence-electron chi connectivity index (χ1n) is 13.8. The largest absolute Gasteiger partial charge is 0.391 e. The zero-order chi connectivity index (χ0) is 30.7. The first-order valence-corrected chi connectivity index (χ1v) is 14.7. The van der Waals surface area contributed by atoms with Gasteiger partial charge in [-0.3, -0.25) is 19.2 Å². The van der Waals surface area contributed by atoms with E-state index in [1.54, 1.807) is 26.3 Å². The fourth-order valence-corrected chi connectivity index (χ4v) is 5.53. The van der Waals surface area contributed by atoms with E-state index in [0.29, 0.717) is 0 Å². The highest BCUT2D eigenvalue weighted by Gasteiger charge is 2.45. The van der Waals surface area contributed by atoms with Crippen molar-refractivity contribution in [3.05, 3.63) is 41.0 Å². The molecular weight excluding hydrogens is 542 g/mol. The number of β-amino-alcohol motifs (C(OH)–C–C–N with tert-alkyl or cyclic N) is 1. The van der Waals surface area contributed by atoms with Crippen LogP contribution in [0.15, 0.2) is 29.8 Å². The first-order chi connectivity index (χ1) is 19.0. The number of likely N-dealkylation sites (tertiary alicyclic amines) is 1. The fourth-order valence-electron chi connectivity index (χ4n) is 4.72. The Morgan fingerprint density at radius 2 is 1.71 bits per heavy atom. The number of nitrogens with one attached hydrogen (secondary N) is 3. The smallest absolute Gasteiger partial charge is 0.246 e. The van der Waals surface area contributed by atoms with Crippen LogP contribution in [0.2, 0.25) is 0 Å². The molecule has 0 aliphatic carbocycles. The summed E-state index contributed by atoms with van der Waals surface area (Å²) >= 11 is 1.54. The van der Waals surface area contributed by atoms with Crippen molar-refractivity contribution in [2.24, 2.45) is 10.8 Å². The lowest BCUT2D eigenvalue weighted by atomic mass is 9.84. The van der Waals surface area contributed by atoms with Gasteiger partial charge in [0.2, 0.25) is 23.6 Å². The van der Waals surface area contributed by atoms with Crippen molar-refractivity contribution in [3.63, 3.8) is 0 Å². The summed E-state index contributed by atoms with van der Waals surface area (Å²) in [6, 6.07) is 5.07. The molecule has 0 unspecified atom stereocenters. The molecule has 10 nitrogen and oxygen atoms in total. The summed E-state index contributed by atoms with van der Waals surface area (Å²) in [5, 5.41) is 18.9. The van der Waals surface area contributed by atoms with Crippen LogP contribution in [0, 0.1) is 17.8 Å². The number of aliphatic hydroxyl groups is 1. The highest BCUT2D eigenvalue weighted by molar-refractivity contribution is 7.13. The second-order valence-corrected chi connectivity index (χ2v) is 13.6. The van der Waals surface area contributed by atoms with Gasteiger partial charge in [0.1, 0.15) is 12.1 Å². The standard InChI is InChI=1S/C30H43N5O5S/c1-17-24(41-16-32-17)19-11-9-18(10-12-19)21(14-23(37)31-8)33-26(38)22-13-20(36)15-35(22)27(39)25(29(2,3)4)34-28(40)30(5,6)7/h9-12,16,20-22,25,36H,13-15H2,1-8H3,(H,31,37)(H,33,38)(H,34,40)/t20-,21+,22+,25-/m1/s1. The highest BCUT2D eigenvalue weighted by atomic mass is 32.1.